The van der Waals surface area contributed by atoms with Crippen molar-refractivity contribution in [1.82, 2.24) is 10.2 Å². The Morgan fingerprint density at radius 1 is 1.00 bits per heavy atom. The van der Waals surface area contributed by atoms with E-state index >= 15 is 0 Å². The highest BCUT2D eigenvalue weighted by molar-refractivity contribution is 7.92. The lowest BCUT2D eigenvalue weighted by atomic mass is 10.1. The maximum Gasteiger partial charge on any atom is 0.417 e. The predicted molar refractivity (Wildman–Crippen MR) is 159 cm³/mol. The van der Waals surface area contributed by atoms with Gasteiger partial charge in [0.15, 0.2) is 0 Å². The third-order valence-corrected chi connectivity index (χ3v) is 9.74. The molecular weight excluding hydrogens is 603 g/mol. The summed E-state index contributed by atoms with van der Waals surface area (Å²) in [5.74, 6) is -1.16. The molecule has 12 heteroatoms. The van der Waals surface area contributed by atoms with Crippen molar-refractivity contribution in [3.05, 3.63) is 94.5 Å². The molecule has 0 unspecified atom stereocenters. The van der Waals surface area contributed by atoms with Gasteiger partial charge in [0.2, 0.25) is 11.8 Å². The average molecular weight is 636 g/mol. The molecule has 1 atom stereocenters. The van der Waals surface area contributed by atoms with Crippen LogP contribution >= 0.6 is 11.6 Å². The Balaban J connectivity index is 1.75. The van der Waals surface area contributed by atoms with E-state index < -0.39 is 56.9 Å². The molecule has 3 aromatic rings. The van der Waals surface area contributed by atoms with Gasteiger partial charge in [-0.2, -0.15) is 13.2 Å². The van der Waals surface area contributed by atoms with Crippen molar-refractivity contribution in [2.24, 2.45) is 0 Å². The second kappa shape index (κ2) is 13.4. The van der Waals surface area contributed by atoms with E-state index in [1.54, 1.807) is 25.1 Å². The average Bonchev–Trinajstić information content (AvgIpc) is 3.48. The van der Waals surface area contributed by atoms with Gasteiger partial charge in [-0.15, -0.1) is 0 Å². The summed E-state index contributed by atoms with van der Waals surface area (Å²) in [6.45, 7) is 2.53. The summed E-state index contributed by atoms with van der Waals surface area (Å²) in [6.07, 6.45) is -1.25. The molecule has 0 radical (unpaired) electrons. The van der Waals surface area contributed by atoms with Crippen LogP contribution in [0.2, 0.25) is 5.02 Å². The number of hydrogen-bond acceptors (Lipinski definition) is 4. The van der Waals surface area contributed by atoms with Crippen molar-refractivity contribution < 1.29 is 31.2 Å². The number of amides is 2. The Labute approximate surface area is 254 Å². The van der Waals surface area contributed by atoms with E-state index in [9.17, 15) is 31.2 Å². The zero-order valence-corrected chi connectivity index (χ0v) is 25.3. The molecule has 1 fully saturated rings. The lowest BCUT2D eigenvalue weighted by Crippen LogP contribution is -2.52. The van der Waals surface area contributed by atoms with E-state index in [-0.39, 0.29) is 17.5 Å². The number of nitrogens with one attached hydrogen (secondary N) is 1. The van der Waals surface area contributed by atoms with Gasteiger partial charge >= 0.3 is 6.18 Å². The maximum atomic E-state index is 14.0. The molecule has 0 aliphatic heterocycles. The van der Waals surface area contributed by atoms with Gasteiger partial charge in [0.25, 0.3) is 10.0 Å². The van der Waals surface area contributed by atoms with E-state index in [2.05, 4.69) is 5.32 Å². The van der Waals surface area contributed by atoms with Crippen LogP contribution in [0.4, 0.5) is 18.9 Å². The Hall–Kier alpha value is -3.57. The molecule has 7 nitrogen and oxygen atoms in total. The number of aryl methyl sites for hydroxylation is 1. The monoisotopic (exact) mass is 635 g/mol. The molecule has 1 N–H and O–H groups in total. The first-order chi connectivity index (χ1) is 20.3. The third kappa shape index (κ3) is 7.69. The second-order valence-corrected chi connectivity index (χ2v) is 12.9. The normalized spacial score (nSPS) is 14.7. The van der Waals surface area contributed by atoms with Gasteiger partial charge in [-0.25, -0.2) is 8.42 Å². The predicted octanol–water partition coefficient (Wildman–Crippen LogP) is 6.34. The second-order valence-electron chi connectivity index (χ2n) is 10.6. The number of carbonyl (C=O) groups is 2. The zero-order chi connectivity index (χ0) is 31.4. The van der Waals surface area contributed by atoms with E-state index in [1.165, 1.54) is 29.2 Å². The summed E-state index contributed by atoms with van der Waals surface area (Å²) >= 11 is 5.82. The fourth-order valence-electron chi connectivity index (χ4n) is 5.08. The fraction of sp³-hybridized carbons (Fsp3) is 0.355. The van der Waals surface area contributed by atoms with Gasteiger partial charge in [0.05, 0.1) is 21.2 Å². The SMILES string of the molecule is Cc1ccccc1CN(C(=O)CN(c1ccc(Cl)c(C(F)(F)F)c1)S(=O)(=O)c1ccccc1)[C@@H](C)C(=O)NC1CCCC1. The highest BCUT2D eigenvalue weighted by atomic mass is 35.5. The number of nitrogens with zero attached hydrogens (tertiary/aromatic N) is 2. The van der Waals surface area contributed by atoms with Crippen molar-refractivity contribution in [3.8, 4) is 0 Å². The number of rotatable bonds is 10. The summed E-state index contributed by atoms with van der Waals surface area (Å²) in [6, 6.07) is 16.0. The van der Waals surface area contributed by atoms with Crippen molar-refractivity contribution in [3.63, 3.8) is 0 Å². The number of anilines is 1. The Morgan fingerprint density at radius 2 is 1.63 bits per heavy atom. The van der Waals surface area contributed by atoms with Crippen molar-refractivity contribution >= 4 is 39.1 Å². The standard InChI is InChI=1S/C31H33ClF3N3O4S/c1-21-10-6-7-11-23(21)19-37(22(2)30(40)36-24-12-8-9-13-24)29(39)20-38(43(41,42)26-14-4-3-5-15-26)25-16-17-28(32)27(18-25)31(33,34)35/h3-7,10-11,14-18,22,24H,8-9,12-13,19-20H2,1-2H3,(H,36,40)/t22-/m0/s1. The maximum absolute atomic E-state index is 14.0. The van der Waals surface area contributed by atoms with Gasteiger partial charge in [-0.1, -0.05) is 66.9 Å². The van der Waals surface area contributed by atoms with Crippen LogP contribution in [-0.2, 0) is 32.3 Å². The van der Waals surface area contributed by atoms with Gasteiger partial charge in [0, 0.05) is 12.6 Å². The largest absolute Gasteiger partial charge is 0.417 e. The van der Waals surface area contributed by atoms with Crippen LogP contribution in [0.15, 0.2) is 77.7 Å². The topological polar surface area (TPSA) is 86.8 Å². The van der Waals surface area contributed by atoms with Crippen LogP contribution in [0, 0.1) is 6.92 Å². The number of hydrogen-bond donors (Lipinski definition) is 1. The highest BCUT2D eigenvalue weighted by Gasteiger charge is 2.37. The molecule has 0 heterocycles. The molecule has 2 amide bonds. The molecule has 1 saturated carbocycles. The highest BCUT2D eigenvalue weighted by Crippen LogP contribution is 2.38. The zero-order valence-electron chi connectivity index (χ0n) is 23.8. The summed E-state index contributed by atoms with van der Waals surface area (Å²) in [4.78, 5) is 28.4. The van der Waals surface area contributed by atoms with Crippen LogP contribution in [0.1, 0.15) is 49.3 Å². The number of carbonyl (C=O) groups excluding carboxylic acids is 2. The number of halogens is 4. The Morgan fingerprint density at radius 3 is 2.26 bits per heavy atom. The molecule has 4 rings (SSSR count). The number of alkyl halides is 3. The molecule has 0 aromatic heterocycles. The molecule has 0 spiro atoms. The summed E-state index contributed by atoms with van der Waals surface area (Å²) in [7, 11) is -4.53. The van der Waals surface area contributed by atoms with E-state index in [1.807, 2.05) is 19.1 Å². The lowest BCUT2D eigenvalue weighted by Gasteiger charge is -2.33. The van der Waals surface area contributed by atoms with Gasteiger partial charge in [-0.05, 0) is 68.1 Å². The first-order valence-electron chi connectivity index (χ1n) is 13.9. The van der Waals surface area contributed by atoms with Crippen molar-refractivity contribution in [2.45, 2.75) is 69.2 Å². The van der Waals surface area contributed by atoms with E-state index in [0.717, 1.165) is 48.9 Å². The van der Waals surface area contributed by atoms with Crippen LogP contribution < -0.4 is 9.62 Å². The summed E-state index contributed by atoms with van der Waals surface area (Å²) in [5.41, 5.74) is -0.0500. The number of sulfonamides is 1. The molecule has 3 aromatic carbocycles. The van der Waals surface area contributed by atoms with Crippen LogP contribution in [-0.4, -0.2) is 43.8 Å². The summed E-state index contributed by atoms with van der Waals surface area (Å²) < 4.78 is 69.6. The van der Waals surface area contributed by atoms with Gasteiger partial charge in [-0.3, -0.25) is 13.9 Å². The van der Waals surface area contributed by atoms with Crippen LogP contribution in [0.25, 0.3) is 0 Å². The summed E-state index contributed by atoms with van der Waals surface area (Å²) in [5, 5.41) is 2.37. The van der Waals surface area contributed by atoms with Gasteiger partial charge < -0.3 is 10.2 Å². The van der Waals surface area contributed by atoms with Crippen LogP contribution in [0.5, 0.6) is 0 Å². The fourth-order valence-corrected chi connectivity index (χ4v) is 6.73. The van der Waals surface area contributed by atoms with E-state index in [0.29, 0.717) is 10.4 Å². The van der Waals surface area contributed by atoms with Crippen molar-refractivity contribution in [1.29, 1.82) is 0 Å². The Bertz CT molecular complexity index is 1560. The molecular formula is C31H33ClF3N3O4S. The molecule has 43 heavy (non-hydrogen) atoms. The minimum absolute atomic E-state index is 0.0155. The Kier molecular flexibility index (Phi) is 10.1. The minimum Gasteiger partial charge on any atom is -0.352 e. The smallest absolute Gasteiger partial charge is 0.352 e. The first-order valence-corrected chi connectivity index (χ1v) is 15.7. The lowest BCUT2D eigenvalue weighted by molar-refractivity contribution is -0.139. The molecule has 0 bridgehead atoms. The van der Waals surface area contributed by atoms with Crippen molar-refractivity contribution in [2.75, 3.05) is 10.8 Å². The van der Waals surface area contributed by atoms with Gasteiger partial charge in [0.1, 0.15) is 12.6 Å². The third-order valence-electron chi connectivity index (χ3n) is 7.62. The van der Waals surface area contributed by atoms with Crippen LogP contribution in [0.3, 0.4) is 0 Å². The molecule has 1 aliphatic rings. The molecule has 230 valence electrons. The number of benzene rings is 3. The van der Waals surface area contributed by atoms with E-state index in [4.69, 9.17) is 11.6 Å². The minimum atomic E-state index is -4.87. The molecule has 1 aliphatic carbocycles. The molecule has 0 saturated heterocycles. The first kappa shape index (κ1) is 32.3. The quantitative estimate of drug-likeness (QED) is 0.282.